The number of carboxylic acids is 2. The minimum absolute atomic E-state index is 0.197. The largest absolute Gasteiger partial charge is 0.481 e. The molecule has 0 saturated heterocycles. The molecule has 0 saturated carbocycles. The van der Waals surface area contributed by atoms with Gasteiger partial charge in [0.1, 0.15) is 12.1 Å². The lowest BCUT2D eigenvalue weighted by molar-refractivity contribution is -0.145. The molecule has 0 fully saturated rings. The van der Waals surface area contributed by atoms with E-state index in [1.54, 1.807) is 0 Å². The Bertz CT molecular complexity index is 694. The van der Waals surface area contributed by atoms with E-state index in [4.69, 9.17) is 21.7 Å². The van der Waals surface area contributed by atoms with Crippen molar-refractivity contribution in [3.63, 3.8) is 0 Å². The number of aliphatic hydroxyl groups excluding tert-OH is 1. The van der Waals surface area contributed by atoms with Crippen molar-refractivity contribution in [1.29, 1.82) is 0 Å². The van der Waals surface area contributed by atoms with Crippen molar-refractivity contribution in [3.8, 4) is 0 Å². The van der Waals surface area contributed by atoms with Crippen LogP contribution in [0.3, 0.4) is 0 Å². The second-order valence-electron chi connectivity index (χ2n) is 7.79. The molecule has 0 aromatic heterocycles. The molecule has 0 radical (unpaired) electrons. The molecule has 10 N–H and O–H groups in total. The first kappa shape index (κ1) is 31.6. The Morgan fingerprint density at radius 3 is 1.94 bits per heavy atom. The van der Waals surface area contributed by atoms with E-state index in [0.717, 1.165) is 6.92 Å². The first-order valence-corrected chi connectivity index (χ1v) is 12.3. The van der Waals surface area contributed by atoms with Gasteiger partial charge in [-0.1, -0.05) is 0 Å². The van der Waals surface area contributed by atoms with Crippen molar-refractivity contribution < 1.29 is 39.3 Å². The summed E-state index contributed by atoms with van der Waals surface area (Å²) in [6.45, 7) is 1.53. The van der Waals surface area contributed by atoms with E-state index in [2.05, 4.69) is 16.0 Å². The molecule has 0 bridgehead atoms. The number of hydrogen-bond acceptors (Lipinski definition) is 9. The van der Waals surface area contributed by atoms with Crippen LogP contribution in [0.4, 0.5) is 0 Å². The van der Waals surface area contributed by atoms with E-state index in [1.807, 2.05) is 6.26 Å². The molecule has 14 heteroatoms. The van der Waals surface area contributed by atoms with E-state index in [9.17, 15) is 29.1 Å². The summed E-state index contributed by atoms with van der Waals surface area (Å²) in [5.74, 6) is -4.37. The number of thioether (sulfide) groups is 1. The molecule has 0 rings (SSSR count). The van der Waals surface area contributed by atoms with Crippen molar-refractivity contribution in [2.24, 2.45) is 11.5 Å². The third kappa shape index (κ3) is 12.7. The van der Waals surface area contributed by atoms with Gasteiger partial charge in [-0.05, 0) is 57.6 Å². The first-order chi connectivity index (χ1) is 15.9. The zero-order chi connectivity index (χ0) is 26.3. The van der Waals surface area contributed by atoms with Gasteiger partial charge in [-0.2, -0.15) is 11.8 Å². The lowest BCUT2D eigenvalue weighted by Crippen LogP contribution is -2.58. The first-order valence-electron chi connectivity index (χ1n) is 10.9. The van der Waals surface area contributed by atoms with Crippen molar-refractivity contribution in [2.75, 3.05) is 18.6 Å². The maximum Gasteiger partial charge on any atom is 0.328 e. The number of hydrogen-bond donors (Lipinski definition) is 8. The maximum absolute atomic E-state index is 12.9. The monoisotopic (exact) mass is 507 g/mol. The molecule has 0 aliphatic carbocycles. The van der Waals surface area contributed by atoms with Gasteiger partial charge in [0.15, 0.2) is 6.04 Å². The van der Waals surface area contributed by atoms with Gasteiger partial charge in [0.25, 0.3) is 0 Å². The number of aliphatic carboxylic acids is 2. The Morgan fingerprint density at radius 1 is 0.882 bits per heavy atom. The average Bonchev–Trinajstić information content (AvgIpc) is 2.76. The number of carbonyl (C=O) groups excluding carboxylic acids is 3. The summed E-state index contributed by atoms with van der Waals surface area (Å²) in [5.41, 5.74) is 11.4. The van der Waals surface area contributed by atoms with Crippen LogP contribution in [0.15, 0.2) is 0 Å². The smallest absolute Gasteiger partial charge is 0.328 e. The highest BCUT2D eigenvalue weighted by Crippen LogP contribution is 2.07. The molecule has 0 aromatic rings. The minimum Gasteiger partial charge on any atom is -0.481 e. The Balaban J connectivity index is 5.52. The second kappa shape index (κ2) is 17.1. The second-order valence-corrected chi connectivity index (χ2v) is 8.78. The standard InChI is InChI=1S/C20H37N5O8S/c1-11(26)16(20(32)33)25-19(31)14(6-7-15(27)28)24-18(30)13(5-3-4-9-21)23-17(29)12(22)8-10-34-2/h11-14,16,26H,3-10,21-22H2,1-2H3,(H,23,29)(H,24,30)(H,25,31)(H,27,28)(H,32,33). The van der Waals surface area contributed by atoms with Crippen LogP contribution < -0.4 is 27.4 Å². The molecule has 0 spiro atoms. The number of rotatable bonds is 18. The summed E-state index contributed by atoms with van der Waals surface area (Å²) >= 11 is 1.51. The SMILES string of the molecule is CSCCC(N)C(=O)NC(CCCCN)C(=O)NC(CCC(=O)O)C(=O)NC(C(=O)O)C(C)O. The normalized spacial score (nSPS) is 15.3. The van der Waals surface area contributed by atoms with Gasteiger partial charge in [-0.25, -0.2) is 4.79 Å². The molecule has 196 valence electrons. The summed E-state index contributed by atoms with van der Waals surface area (Å²) in [6, 6.07) is -4.98. The zero-order valence-electron chi connectivity index (χ0n) is 19.5. The van der Waals surface area contributed by atoms with Crippen molar-refractivity contribution >= 4 is 41.4 Å². The number of aliphatic hydroxyl groups is 1. The molecular weight excluding hydrogens is 470 g/mol. The van der Waals surface area contributed by atoms with Gasteiger partial charge in [-0.15, -0.1) is 0 Å². The van der Waals surface area contributed by atoms with E-state index in [-0.39, 0.29) is 12.8 Å². The van der Waals surface area contributed by atoms with Crippen molar-refractivity contribution in [3.05, 3.63) is 0 Å². The number of nitrogens with two attached hydrogens (primary N) is 2. The molecule has 0 heterocycles. The number of amides is 3. The highest BCUT2D eigenvalue weighted by molar-refractivity contribution is 7.98. The molecule has 5 atom stereocenters. The van der Waals surface area contributed by atoms with Crippen LogP contribution >= 0.6 is 11.8 Å². The fraction of sp³-hybridized carbons (Fsp3) is 0.750. The highest BCUT2D eigenvalue weighted by Gasteiger charge is 2.32. The Hall–Kier alpha value is -2.42. The summed E-state index contributed by atoms with van der Waals surface area (Å²) in [5, 5.41) is 34.8. The Kier molecular flexibility index (Phi) is 15.9. The Labute approximate surface area is 202 Å². The molecule has 5 unspecified atom stereocenters. The van der Waals surface area contributed by atoms with Gasteiger partial charge in [0.2, 0.25) is 17.7 Å². The Morgan fingerprint density at radius 2 is 1.44 bits per heavy atom. The molecule has 0 aromatic carbocycles. The van der Waals surface area contributed by atoms with Crippen molar-refractivity contribution in [2.45, 2.75) is 75.7 Å². The lowest BCUT2D eigenvalue weighted by atomic mass is 10.0. The van der Waals surface area contributed by atoms with Gasteiger partial charge < -0.3 is 42.7 Å². The maximum atomic E-state index is 12.9. The third-order valence-corrected chi connectivity index (χ3v) is 5.52. The molecule has 0 aliphatic rings. The molecule has 13 nitrogen and oxygen atoms in total. The molecule has 0 aliphatic heterocycles. The van der Waals surface area contributed by atoms with Crippen LogP contribution in [0.2, 0.25) is 0 Å². The van der Waals surface area contributed by atoms with E-state index < -0.39 is 66.4 Å². The topological polar surface area (TPSA) is 234 Å². The van der Waals surface area contributed by atoms with Crippen LogP contribution in [-0.2, 0) is 24.0 Å². The van der Waals surface area contributed by atoms with E-state index >= 15 is 0 Å². The van der Waals surface area contributed by atoms with Crippen molar-refractivity contribution in [1.82, 2.24) is 16.0 Å². The highest BCUT2D eigenvalue weighted by atomic mass is 32.2. The summed E-state index contributed by atoms with van der Waals surface area (Å²) in [7, 11) is 0. The van der Waals surface area contributed by atoms with Crippen LogP contribution in [-0.4, -0.2) is 93.8 Å². The summed E-state index contributed by atoms with van der Waals surface area (Å²) < 4.78 is 0. The number of unbranched alkanes of at least 4 members (excludes halogenated alkanes) is 1. The average molecular weight is 508 g/mol. The molecule has 3 amide bonds. The van der Waals surface area contributed by atoms with E-state index in [0.29, 0.717) is 31.6 Å². The number of nitrogens with one attached hydrogen (secondary N) is 3. The quantitative estimate of drug-likeness (QED) is 0.0943. The fourth-order valence-electron chi connectivity index (χ4n) is 2.87. The molecule has 34 heavy (non-hydrogen) atoms. The van der Waals surface area contributed by atoms with Crippen LogP contribution in [0.25, 0.3) is 0 Å². The summed E-state index contributed by atoms with van der Waals surface area (Å²) in [6.07, 6.45) is 1.25. The minimum atomic E-state index is -1.66. The lowest BCUT2D eigenvalue weighted by Gasteiger charge is -2.25. The number of carboxylic acid groups (broad SMARTS) is 2. The van der Waals surface area contributed by atoms with Gasteiger partial charge in [0, 0.05) is 6.42 Å². The van der Waals surface area contributed by atoms with E-state index in [1.165, 1.54) is 11.8 Å². The fourth-order valence-corrected chi connectivity index (χ4v) is 3.36. The van der Waals surface area contributed by atoms with Crippen LogP contribution in [0.5, 0.6) is 0 Å². The van der Waals surface area contributed by atoms with Crippen LogP contribution in [0, 0.1) is 0 Å². The predicted octanol–water partition coefficient (Wildman–Crippen LogP) is -2.02. The van der Waals surface area contributed by atoms with Gasteiger partial charge >= 0.3 is 11.9 Å². The van der Waals surface area contributed by atoms with Crippen LogP contribution in [0.1, 0.15) is 45.4 Å². The predicted molar refractivity (Wildman–Crippen MR) is 126 cm³/mol. The number of carbonyl (C=O) groups is 5. The molecular formula is C20H37N5O8S. The van der Waals surface area contributed by atoms with Gasteiger partial charge in [-0.3, -0.25) is 19.2 Å². The zero-order valence-corrected chi connectivity index (χ0v) is 20.3. The third-order valence-electron chi connectivity index (χ3n) is 4.88. The van der Waals surface area contributed by atoms with Gasteiger partial charge in [0.05, 0.1) is 12.1 Å². The summed E-state index contributed by atoms with van der Waals surface area (Å²) in [4.78, 5) is 60.3.